The van der Waals surface area contributed by atoms with Crippen LogP contribution in [0.5, 0.6) is 0 Å². The fourth-order valence-electron chi connectivity index (χ4n) is 1.67. The van der Waals surface area contributed by atoms with Gasteiger partial charge in [0.25, 0.3) is 0 Å². The van der Waals surface area contributed by atoms with E-state index >= 15 is 0 Å². The average molecular weight is 324 g/mol. The lowest BCUT2D eigenvalue weighted by atomic mass is 10.1. The van der Waals surface area contributed by atoms with Crippen LogP contribution in [0.15, 0.2) is 37.1 Å². The van der Waals surface area contributed by atoms with Crippen LogP contribution in [0.4, 0.5) is 11.8 Å². The summed E-state index contributed by atoms with van der Waals surface area (Å²) < 4.78 is 0. The first-order valence-electron chi connectivity index (χ1n) is 6.41. The fraction of sp³-hybridized carbons (Fsp3) is 0.214. The van der Waals surface area contributed by atoms with Gasteiger partial charge in [0.1, 0.15) is 0 Å². The molecule has 0 fully saturated rings. The predicted octanol–water partition coefficient (Wildman–Crippen LogP) is 3.43. The smallest absolute Gasteiger partial charge is 0.244 e. The third kappa shape index (κ3) is 4.88. The Morgan fingerprint density at radius 1 is 1.24 bits per heavy atom. The number of benzene rings is 1. The standard InChI is InChI=1S/C14H15Cl2N5/c1-2-6-17-13-9-19-21-14(20-13)18-7-5-10-3-4-11(15)8-12(10)16/h2-4,8-9H,1,5-7H2,(H2,17,18,20,21). The Kier molecular flexibility index (Phi) is 5.78. The highest BCUT2D eigenvalue weighted by Crippen LogP contribution is 2.21. The summed E-state index contributed by atoms with van der Waals surface area (Å²) in [6.07, 6.45) is 4.05. The van der Waals surface area contributed by atoms with Gasteiger partial charge in [0.2, 0.25) is 5.95 Å². The largest absolute Gasteiger partial charge is 0.365 e. The first-order chi connectivity index (χ1) is 10.2. The minimum atomic E-state index is 0.467. The van der Waals surface area contributed by atoms with Gasteiger partial charge in [-0.25, -0.2) is 0 Å². The first kappa shape index (κ1) is 15.5. The molecule has 2 N–H and O–H groups in total. The summed E-state index contributed by atoms with van der Waals surface area (Å²) in [6.45, 7) is 4.90. The van der Waals surface area contributed by atoms with Crippen LogP contribution in [0.2, 0.25) is 10.0 Å². The highest BCUT2D eigenvalue weighted by Gasteiger charge is 2.03. The number of nitrogens with one attached hydrogen (secondary N) is 2. The van der Waals surface area contributed by atoms with Gasteiger partial charge in [0, 0.05) is 23.1 Å². The maximum Gasteiger partial charge on any atom is 0.244 e. The topological polar surface area (TPSA) is 62.7 Å². The quantitative estimate of drug-likeness (QED) is 0.764. The van der Waals surface area contributed by atoms with Gasteiger partial charge in [-0.15, -0.1) is 11.7 Å². The molecule has 0 radical (unpaired) electrons. The lowest BCUT2D eigenvalue weighted by Gasteiger charge is -2.07. The molecule has 0 atom stereocenters. The summed E-state index contributed by atoms with van der Waals surface area (Å²) in [6, 6.07) is 5.46. The van der Waals surface area contributed by atoms with Crippen molar-refractivity contribution in [3.63, 3.8) is 0 Å². The second kappa shape index (κ2) is 7.81. The molecule has 2 aromatic rings. The first-order valence-corrected chi connectivity index (χ1v) is 7.17. The Labute approximate surface area is 133 Å². The molecule has 0 aliphatic carbocycles. The molecule has 0 spiro atoms. The van der Waals surface area contributed by atoms with Gasteiger partial charge in [0.05, 0.1) is 6.20 Å². The third-order valence-corrected chi connectivity index (χ3v) is 3.27. The van der Waals surface area contributed by atoms with Crippen molar-refractivity contribution in [2.24, 2.45) is 0 Å². The monoisotopic (exact) mass is 323 g/mol. The molecule has 0 saturated heterocycles. The second-order valence-corrected chi connectivity index (χ2v) is 5.09. The van der Waals surface area contributed by atoms with Gasteiger partial charge in [-0.05, 0) is 24.1 Å². The maximum atomic E-state index is 6.12. The molecule has 2 rings (SSSR count). The molecule has 0 saturated carbocycles. The zero-order valence-corrected chi connectivity index (χ0v) is 12.8. The van der Waals surface area contributed by atoms with E-state index in [9.17, 15) is 0 Å². The van der Waals surface area contributed by atoms with Crippen molar-refractivity contribution >= 4 is 35.0 Å². The minimum Gasteiger partial charge on any atom is -0.365 e. The van der Waals surface area contributed by atoms with Crippen molar-refractivity contribution in [1.29, 1.82) is 0 Å². The minimum absolute atomic E-state index is 0.467. The predicted molar refractivity (Wildman–Crippen MR) is 87.2 cm³/mol. The average Bonchev–Trinajstić information content (AvgIpc) is 2.48. The Hall–Kier alpha value is -1.85. The molecule has 5 nitrogen and oxygen atoms in total. The zero-order valence-electron chi connectivity index (χ0n) is 11.3. The molecular formula is C14H15Cl2N5. The van der Waals surface area contributed by atoms with E-state index in [2.05, 4.69) is 32.4 Å². The number of hydrogen-bond donors (Lipinski definition) is 2. The molecule has 0 amide bonds. The van der Waals surface area contributed by atoms with E-state index in [1.165, 1.54) is 0 Å². The molecule has 0 aliphatic rings. The van der Waals surface area contributed by atoms with E-state index in [-0.39, 0.29) is 0 Å². The van der Waals surface area contributed by atoms with Crippen LogP contribution in [0.25, 0.3) is 0 Å². The number of nitrogens with zero attached hydrogens (tertiary/aromatic N) is 3. The van der Waals surface area contributed by atoms with Gasteiger partial charge < -0.3 is 10.6 Å². The van der Waals surface area contributed by atoms with Crippen LogP contribution in [-0.4, -0.2) is 28.3 Å². The Morgan fingerprint density at radius 2 is 2.10 bits per heavy atom. The van der Waals surface area contributed by atoms with Gasteiger partial charge in [0.15, 0.2) is 5.82 Å². The lowest BCUT2D eigenvalue weighted by molar-refractivity contribution is 0.925. The summed E-state index contributed by atoms with van der Waals surface area (Å²) in [5.41, 5.74) is 1.02. The van der Waals surface area contributed by atoms with Crippen molar-refractivity contribution in [1.82, 2.24) is 15.2 Å². The van der Waals surface area contributed by atoms with Gasteiger partial charge in [-0.1, -0.05) is 35.3 Å². The Morgan fingerprint density at radius 3 is 2.86 bits per heavy atom. The summed E-state index contributed by atoms with van der Waals surface area (Å²) in [5.74, 6) is 1.12. The van der Waals surface area contributed by atoms with Crippen molar-refractivity contribution in [2.75, 3.05) is 23.7 Å². The van der Waals surface area contributed by atoms with E-state index in [1.807, 2.05) is 12.1 Å². The zero-order chi connectivity index (χ0) is 15.1. The molecule has 110 valence electrons. The van der Waals surface area contributed by atoms with Crippen LogP contribution < -0.4 is 10.6 Å². The molecule has 7 heteroatoms. The third-order valence-electron chi connectivity index (χ3n) is 2.68. The molecular weight excluding hydrogens is 309 g/mol. The summed E-state index contributed by atoms with van der Waals surface area (Å²) in [7, 11) is 0. The van der Waals surface area contributed by atoms with Crippen LogP contribution in [0.1, 0.15) is 5.56 Å². The lowest BCUT2D eigenvalue weighted by Crippen LogP contribution is -2.10. The number of anilines is 2. The molecule has 0 bridgehead atoms. The van der Waals surface area contributed by atoms with Crippen LogP contribution in [0.3, 0.4) is 0 Å². The van der Waals surface area contributed by atoms with Crippen LogP contribution in [0, 0.1) is 0 Å². The van der Waals surface area contributed by atoms with E-state index in [0.717, 1.165) is 12.0 Å². The van der Waals surface area contributed by atoms with E-state index in [4.69, 9.17) is 23.2 Å². The summed E-state index contributed by atoms with van der Waals surface area (Å²) >= 11 is 12.0. The summed E-state index contributed by atoms with van der Waals surface area (Å²) in [4.78, 5) is 4.28. The molecule has 0 unspecified atom stereocenters. The second-order valence-electron chi connectivity index (χ2n) is 4.25. The SMILES string of the molecule is C=CCNc1cnnc(NCCc2ccc(Cl)cc2Cl)n1. The molecule has 21 heavy (non-hydrogen) atoms. The van der Waals surface area contributed by atoms with Crippen molar-refractivity contribution < 1.29 is 0 Å². The number of halogens is 2. The van der Waals surface area contributed by atoms with Crippen molar-refractivity contribution in [3.05, 3.63) is 52.7 Å². The normalized spacial score (nSPS) is 10.2. The Bertz CT molecular complexity index is 618. The van der Waals surface area contributed by atoms with Gasteiger partial charge in [-0.2, -0.15) is 10.1 Å². The van der Waals surface area contributed by atoms with Gasteiger partial charge in [-0.3, -0.25) is 0 Å². The van der Waals surface area contributed by atoms with E-state index < -0.39 is 0 Å². The van der Waals surface area contributed by atoms with Gasteiger partial charge >= 0.3 is 0 Å². The Balaban J connectivity index is 1.89. The number of hydrogen-bond acceptors (Lipinski definition) is 5. The molecule has 1 aromatic heterocycles. The highest BCUT2D eigenvalue weighted by molar-refractivity contribution is 6.35. The molecule has 0 aliphatic heterocycles. The maximum absolute atomic E-state index is 6.12. The molecule has 1 heterocycles. The molecule has 1 aromatic carbocycles. The fourth-order valence-corrected chi connectivity index (χ4v) is 2.18. The van der Waals surface area contributed by atoms with Crippen molar-refractivity contribution in [3.8, 4) is 0 Å². The van der Waals surface area contributed by atoms with Crippen molar-refractivity contribution in [2.45, 2.75) is 6.42 Å². The number of rotatable bonds is 7. The highest BCUT2D eigenvalue weighted by atomic mass is 35.5. The summed E-state index contributed by atoms with van der Waals surface area (Å²) in [5, 5.41) is 15.2. The van der Waals surface area contributed by atoms with Crippen LogP contribution >= 0.6 is 23.2 Å². The number of aromatic nitrogens is 3. The van der Waals surface area contributed by atoms with E-state index in [0.29, 0.717) is 34.9 Å². The van der Waals surface area contributed by atoms with E-state index in [1.54, 1.807) is 18.3 Å². The van der Waals surface area contributed by atoms with Crippen LogP contribution in [-0.2, 0) is 6.42 Å².